The maximum Gasteiger partial charge on any atom is 0.253 e. The fourth-order valence-corrected chi connectivity index (χ4v) is 2.15. The van der Waals surface area contributed by atoms with Crippen LogP contribution in [-0.4, -0.2) is 17.9 Å². The monoisotopic (exact) mass is 253 g/mol. The minimum Gasteiger partial charge on any atom is -0.337 e. The highest BCUT2D eigenvalue weighted by molar-refractivity contribution is 5.94. The number of nitrogens with zero attached hydrogens (tertiary/aromatic N) is 1. The minimum atomic E-state index is 0.0604. The lowest BCUT2D eigenvalue weighted by Gasteiger charge is -2.18. The van der Waals surface area contributed by atoms with Gasteiger partial charge in [-0.2, -0.15) is 0 Å². The molecule has 0 unspecified atom stereocenters. The van der Waals surface area contributed by atoms with Gasteiger partial charge < -0.3 is 4.90 Å². The predicted molar refractivity (Wildman–Crippen MR) is 78.2 cm³/mol. The third-order valence-corrected chi connectivity index (χ3v) is 3.11. The highest BCUT2D eigenvalue weighted by Crippen LogP contribution is 2.11. The minimum absolute atomic E-state index is 0.0604. The van der Waals surface area contributed by atoms with Gasteiger partial charge in [0, 0.05) is 19.2 Å². The Morgan fingerprint density at radius 1 is 1.00 bits per heavy atom. The summed E-state index contributed by atoms with van der Waals surface area (Å²) in [5.41, 5.74) is 4.22. The second kappa shape index (κ2) is 5.70. The van der Waals surface area contributed by atoms with Crippen LogP contribution in [0.4, 0.5) is 0 Å². The molecule has 0 heterocycles. The van der Waals surface area contributed by atoms with E-state index in [0.717, 1.165) is 16.7 Å². The van der Waals surface area contributed by atoms with Crippen molar-refractivity contribution in [1.82, 2.24) is 4.90 Å². The van der Waals surface area contributed by atoms with E-state index in [2.05, 4.69) is 19.1 Å². The van der Waals surface area contributed by atoms with E-state index in [1.807, 2.05) is 50.4 Å². The first-order chi connectivity index (χ1) is 9.06. The average Bonchev–Trinajstić information content (AvgIpc) is 2.38. The molecule has 19 heavy (non-hydrogen) atoms. The number of carbonyl (C=O) groups excluding carboxylic acids is 1. The molecule has 0 fully saturated rings. The van der Waals surface area contributed by atoms with Crippen LogP contribution < -0.4 is 0 Å². The van der Waals surface area contributed by atoms with Crippen molar-refractivity contribution in [1.29, 1.82) is 0 Å². The van der Waals surface area contributed by atoms with Gasteiger partial charge in [-0.1, -0.05) is 47.5 Å². The molecule has 0 bridgehead atoms. The van der Waals surface area contributed by atoms with Crippen molar-refractivity contribution in [3.63, 3.8) is 0 Å². The van der Waals surface area contributed by atoms with Gasteiger partial charge in [0.2, 0.25) is 0 Å². The second-order valence-electron chi connectivity index (χ2n) is 5.02. The van der Waals surface area contributed by atoms with Crippen LogP contribution in [0.3, 0.4) is 0 Å². The topological polar surface area (TPSA) is 20.3 Å². The normalized spacial score (nSPS) is 10.3. The molecule has 0 aliphatic rings. The van der Waals surface area contributed by atoms with Crippen LogP contribution >= 0.6 is 0 Å². The van der Waals surface area contributed by atoms with Crippen molar-refractivity contribution >= 4 is 5.91 Å². The quantitative estimate of drug-likeness (QED) is 0.818. The number of amides is 1. The predicted octanol–water partition coefficient (Wildman–Crippen LogP) is 3.58. The van der Waals surface area contributed by atoms with E-state index in [1.165, 1.54) is 5.56 Å². The van der Waals surface area contributed by atoms with Crippen molar-refractivity contribution in [3.8, 4) is 0 Å². The highest BCUT2D eigenvalue weighted by Gasteiger charge is 2.11. The van der Waals surface area contributed by atoms with Crippen LogP contribution in [0.25, 0.3) is 0 Å². The zero-order chi connectivity index (χ0) is 13.8. The van der Waals surface area contributed by atoms with Crippen LogP contribution in [0.2, 0.25) is 0 Å². The van der Waals surface area contributed by atoms with Gasteiger partial charge in [-0.25, -0.2) is 0 Å². The van der Waals surface area contributed by atoms with Gasteiger partial charge in [-0.3, -0.25) is 4.79 Å². The zero-order valence-corrected chi connectivity index (χ0v) is 11.7. The Balaban J connectivity index is 2.12. The number of hydrogen-bond acceptors (Lipinski definition) is 1. The Hall–Kier alpha value is -2.09. The largest absolute Gasteiger partial charge is 0.337 e. The summed E-state index contributed by atoms with van der Waals surface area (Å²) >= 11 is 0. The molecule has 0 atom stereocenters. The lowest BCUT2D eigenvalue weighted by atomic mass is 10.1. The molecule has 0 spiro atoms. The van der Waals surface area contributed by atoms with E-state index in [9.17, 15) is 4.79 Å². The van der Waals surface area contributed by atoms with Crippen LogP contribution in [0.1, 0.15) is 27.0 Å². The summed E-state index contributed by atoms with van der Waals surface area (Å²) in [6.07, 6.45) is 0. The second-order valence-corrected chi connectivity index (χ2v) is 5.02. The summed E-state index contributed by atoms with van der Waals surface area (Å²) in [4.78, 5) is 14.1. The van der Waals surface area contributed by atoms with E-state index in [4.69, 9.17) is 0 Å². The lowest BCUT2D eigenvalue weighted by Crippen LogP contribution is -2.26. The Morgan fingerprint density at radius 2 is 1.63 bits per heavy atom. The number of hydrogen-bond donors (Lipinski definition) is 0. The lowest BCUT2D eigenvalue weighted by molar-refractivity contribution is 0.0785. The van der Waals surface area contributed by atoms with E-state index in [0.29, 0.717) is 6.54 Å². The third-order valence-electron chi connectivity index (χ3n) is 3.11. The van der Waals surface area contributed by atoms with Gasteiger partial charge >= 0.3 is 0 Å². The first kappa shape index (κ1) is 13.3. The summed E-state index contributed by atoms with van der Waals surface area (Å²) < 4.78 is 0. The molecule has 2 heteroatoms. The number of aryl methyl sites for hydroxylation is 2. The molecule has 0 aliphatic heterocycles. The highest BCUT2D eigenvalue weighted by atomic mass is 16.2. The fraction of sp³-hybridized carbons (Fsp3) is 0.235. The van der Waals surface area contributed by atoms with Crippen LogP contribution in [0.15, 0.2) is 48.5 Å². The number of rotatable bonds is 3. The van der Waals surface area contributed by atoms with Gasteiger partial charge in [-0.15, -0.1) is 0 Å². The summed E-state index contributed by atoms with van der Waals surface area (Å²) in [6.45, 7) is 4.69. The SMILES string of the molecule is Cc1cccc(CN(C)C(=O)c2cccc(C)c2)c1. The molecule has 0 aliphatic carbocycles. The molecule has 98 valence electrons. The van der Waals surface area contributed by atoms with Crippen LogP contribution in [0, 0.1) is 13.8 Å². The summed E-state index contributed by atoms with van der Waals surface area (Å²) in [5.74, 6) is 0.0604. The molecule has 0 saturated carbocycles. The van der Waals surface area contributed by atoms with E-state index in [-0.39, 0.29) is 5.91 Å². The van der Waals surface area contributed by atoms with E-state index >= 15 is 0 Å². The average molecular weight is 253 g/mol. The van der Waals surface area contributed by atoms with Crippen molar-refractivity contribution < 1.29 is 4.79 Å². The first-order valence-electron chi connectivity index (χ1n) is 6.44. The van der Waals surface area contributed by atoms with Crippen LogP contribution in [-0.2, 0) is 6.54 Å². The van der Waals surface area contributed by atoms with Crippen molar-refractivity contribution in [3.05, 3.63) is 70.8 Å². The van der Waals surface area contributed by atoms with Gasteiger partial charge in [0.05, 0.1) is 0 Å². The molecule has 0 N–H and O–H groups in total. The van der Waals surface area contributed by atoms with Crippen LogP contribution in [0.5, 0.6) is 0 Å². The van der Waals surface area contributed by atoms with Crippen molar-refractivity contribution in [2.75, 3.05) is 7.05 Å². The maximum atomic E-state index is 12.3. The van der Waals surface area contributed by atoms with Gasteiger partial charge in [-0.05, 0) is 31.5 Å². The molecule has 0 saturated heterocycles. The molecule has 1 amide bonds. The van der Waals surface area contributed by atoms with Crippen molar-refractivity contribution in [2.45, 2.75) is 20.4 Å². The Bertz CT molecular complexity index is 589. The summed E-state index contributed by atoms with van der Waals surface area (Å²) in [6, 6.07) is 16.0. The Morgan fingerprint density at radius 3 is 2.26 bits per heavy atom. The van der Waals surface area contributed by atoms with Gasteiger partial charge in [0.1, 0.15) is 0 Å². The fourth-order valence-electron chi connectivity index (χ4n) is 2.15. The maximum absolute atomic E-state index is 12.3. The van der Waals surface area contributed by atoms with E-state index < -0.39 is 0 Å². The molecular weight excluding hydrogens is 234 g/mol. The molecule has 2 aromatic carbocycles. The number of carbonyl (C=O) groups is 1. The smallest absolute Gasteiger partial charge is 0.253 e. The molecule has 0 radical (unpaired) electrons. The number of benzene rings is 2. The zero-order valence-electron chi connectivity index (χ0n) is 11.7. The third kappa shape index (κ3) is 3.44. The first-order valence-corrected chi connectivity index (χ1v) is 6.44. The molecular formula is C17H19NO. The molecule has 2 nitrogen and oxygen atoms in total. The molecule has 2 rings (SSSR count). The summed E-state index contributed by atoms with van der Waals surface area (Å²) in [5, 5.41) is 0. The van der Waals surface area contributed by atoms with Gasteiger partial charge in [0.15, 0.2) is 0 Å². The Kier molecular flexibility index (Phi) is 4.00. The standard InChI is InChI=1S/C17H19NO/c1-13-6-4-8-15(10-13)12-18(3)17(19)16-9-5-7-14(2)11-16/h4-11H,12H2,1-3H3. The molecule has 0 aromatic heterocycles. The summed E-state index contributed by atoms with van der Waals surface area (Å²) in [7, 11) is 1.84. The van der Waals surface area contributed by atoms with E-state index in [1.54, 1.807) is 4.90 Å². The van der Waals surface area contributed by atoms with Gasteiger partial charge in [0.25, 0.3) is 5.91 Å². The Labute approximate surface area is 114 Å². The molecule has 2 aromatic rings. The van der Waals surface area contributed by atoms with Crippen molar-refractivity contribution in [2.24, 2.45) is 0 Å².